The van der Waals surface area contributed by atoms with Gasteiger partial charge in [0.05, 0.1) is 12.0 Å². The Labute approximate surface area is 144 Å². The highest BCUT2D eigenvalue weighted by molar-refractivity contribution is 5.85. The van der Waals surface area contributed by atoms with Gasteiger partial charge in [0.25, 0.3) is 0 Å². The quantitative estimate of drug-likeness (QED) is 0.775. The number of halogens is 1. The van der Waals surface area contributed by atoms with Crippen LogP contribution in [0.1, 0.15) is 24.0 Å². The Morgan fingerprint density at radius 1 is 1.26 bits per heavy atom. The summed E-state index contributed by atoms with van der Waals surface area (Å²) in [6.07, 6.45) is 1.38. The van der Waals surface area contributed by atoms with Crippen molar-refractivity contribution in [2.45, 2.75) is 26.7 Å². The van der Waals surface area contributed by atoms with Gasteiger partial charge in [0.2, 0.25) is 5.91 Å². The van der Waals surface area contributed by atoms with Gasteiger partial charge >= 0.3 is 0 Å². The van der Waals surface area contributed by atoms with Crippen LogP contribution < -0.4 is 15.8 Å². The van der Waals surface area contributed by atoms with Crippen LogP contribution in [0.2, 0.25) is 0 Å². The Morgan fingerprint density at radius 2 is 1.87 bits per heavy atom. The fourth-order valence-electron chi connectivity index (χ4n) is 2.82. The summed E-state index contributed by atoms with van der Waals surface area (Å²) in [6.45, 7) is 6.57. The first-order chi connectivity index (χ1) is 10.6. The number of ether oxygens (including phenoxy) is 2. The van der Waals surface area contributed by atoms with Crippen molar-refractivity contribution in [3.05, 3.63) is 29.3 Å². The Hall–Kier alpha value is -1.30. The zero-order chi connectivity index (χ0) is 16.0. The van der Waals surface area contributed by atoms with Gasteiger partial charge in [-0.05, 0) is 49.9 Å². The molecule has 0 aliphatic carbocycles. The molecular formula is C17H27ClN2O3. The molecule has 3 N–H and O–H groups in total. The van der Waals surface area contributed by atoms with E-state index in [1.54, 1.807) is 0 Å². The third-order valence-corrected chi connectivity index (χ3v) is 4.17. The van der Waals surface area contributed by atoms with Gasteiger partial charge in [0, 0.05) is 19.8 Å². The average molecular weight is 343 g/mol. The van der Waals surface area contributed by atoms with Crippen molar-refractivity contribution in [2.24, 2.45) is 11.1 Å². The van der Waals surface area contributed by atoms with Crippen molar-refractivity contribution in [3.8, 4) is 5.75 Å². The summed E-state index contributed by atoms with van der Waals surface area (Å²) in [5, 5.41) is 2.94. The normalized spacial score (nSPS) is 16.3. The highest BCUT2D eigenvalue weighted by Gasteiger charge is 2.38. The van der Waals surface area contributed by atoms with Crippen molar-refractivity contribution in [3.63, 3.8) is 0 Å². The van der Waals surface area contributed by atoms with Gasteiger partial charge < -0.3 is 20.5 Å². The lowest BCUT2D eigenvalue weighted by Gasteiger charge is -2.34. The minimum atomic E-state index is -0.474. The molecule has 0 bridgehead atoms. The second kappa shape index (κ2) is 9.11. The number of nitrogens with one attached hydrogen (secondary N) is 1. The smallest absolute Gasteiger partial charge is 0.227 e. The van der Waals surface area contributed by atoms with Gasteiger partial charge in [0.1, 0.15) is 12.4 Å². The molecule has 1 aromatic carbocycles. The van der Waals surface area contributed by atoms with E-state index in [1.165, 1.54) is 11.1 Å². The molecule has 1 fully saturated rings. The van der Waals surface area contributed by atoms with E-state index >= 15 is 0 Å². The minimum Gasteiger partial charge on any atom is -0.492 e. The molecule has 1 aromatic rings. The third kappa shape index (κ3) is 5.37. The average Bonchev–Trinajstić information content (AvgIpc) is 2.51. The molecule has 0 radical (unpaired) electrons. The van der Waals surface area contributed by atoms with Crippen LogP contribution in [-0.2, 0) is 9.53 Å². The van der Waals surface area contributed by atoms with Crippen molar-refractivity contribution in [2.75, 3.05) is 32.9 Å². The first-order valence-electron chi connectivity index (χ1n) is 7.83. The Balaban J connectivity index is 0.00000264. The first kappa shape index (κ1) is 19.7. The molecule has 0 saturated carbocycles. The van der Waals surface area contributed by atoms with E-state index in [0.717, 1.165) is 5.75 Å². The summed E-state index contributed by atoms with van der Waals surface area (Å²) in [6, 6.07) is 6.09. The molecular weight excluding hydrogens is 316 g/mol. The highest BCUT2D eigenvalue weighted by atomic mass is 35.5. The molecule has 1 saturated heterocycles. The summed E-state index contributed by atoms with van der Waals surface area (Å²) >= 11 is 0. The standard InChI is InChI=1S/C17H26N2O3.ClH/c1-13-9-14(2)11-15(10-13)22-8-5-19-16(20)17(12-18)3-6-21-7-4-17;/h9-11H,3-8,12,18H2,1-2H3,(H,19,20);1H. The van der Waals surface area contributed by atoms with E-state index in [9.17, 15) is 4.79 Å². The van der Waals surface area contributed by atoms with Crippen LogP contribution in [0.3, 0.4) is 0 Å². The molecule has 0 atom stereocenters. The summed E-state index contributed by atoms with van der Waals surface area (Å²) in [4.78, 5) is 12.4. The van der Waals surface area contributed by atoms with Crippen molar-refractivity contribution >= 4 is 18.3 Å². The monoisotopic (exact) mass is 342 g/mol. The van der Waals surface area contributed by atoms with Crippen LogP contribution in [0.25, 0.3) is 0 Å². The van der Waals surface area contributed by atoms with Gasteiger partial charge in [-0.25, -0.2) is 0 Å². The number of aryl methyl sites for hydroxylation is 2. The van der Waals surface area contributed by atoms with Crippen LogP contribution in [0.5, 0.6) is 5.75 Å². The summed E-state index contributed by atoms with van der Waals surface area (Å²) in [5.41, 5.74) is 7.69. The van der Waals surface area contributed by atoms with Gasteiger partial charge in [-0.2, -0.15) is 0 Å². The topological polar surface area (TPSA) is 73.6 Å². The van der Waals surface area contributed by atoms with E-state index in [1.807, 2.05) is 26.0 Å². The molecule has 0 aromatic heterocycles. The summed E-state index contributed by atoms with van der Waals surface area (Å²) in [7, 11) is 0. The summed E-state index contributed by atoms with van der Waals surface area (Å²) in [5.74, 6) is 0.855. The molecule has 1 amide bonds. The van der Waals surface area contributed by atoms with Crippen molar-refractivity contribution in [1.82, 2.24) is 5.32 Å². The molecule has 1 aliphatic heterocycles. The van der Waals surface area contributed by atoms with E-state index in [2.05, 4.69) is 11.4 Å². The zero-order valence-electron chi connectivity index (χ0n) is 13.9. The Morgan fingerprint density at radius 3 is 2.43 bits per heavy atom. The van der Waals surface area contributed by atoms with Crippen LogP contribution in [0.4, 0.5) is 0 Å². The van der Waals surface area contributed by atoms with E-state index in [4.69, 9.17) is 15.2 Å². The fraction of sp³-hybridized carbons (Fsp3) is 0.588. The van der Waals surface area contributed by atoms with Crippen LogP contribution >= 0.6 is 12.4 Å². The number of hydrogen-bond donors (Lipinski definition) is 2. The zero-order valence-corrected chi connectivity index (χ0v) is 14.7. The molecule has 1 aliphatic rings. The van der Waals surface area contributed by atoms with Crippen LogP contribution in [0, 0.1) is 19.3 Å². The number of hydrogen-bond acceptors (Lipinski definition) is 4. The van der Waals surface area contributed by atoms with Crippen LogP contribution in [-0.4, -0.2) is 38.8 Å². The predicted molar refractivity (Wildman–Crippen MR) is 93.2 cm³/mol. The minimum absolute atomic E-state index is 0. The van der Waals surface area contributed by atoms with Crippen molar-refractivity contribution in [1.29, 1.82) is 0 Å². The molecule has 0 spiro atoms. The number of rotatable bonds is 6. The van der Waals surface area contributed by atoms with Crippen LogP contribution in [0.15, 0.2) is 18.2 Å². The maximum absolute atomic E-state index is 12.4. The number of nitrogens with two attached hydrogens (primary N) is 1. The molecule has 23 heavy (non-hydrogen) atoms. The third-order valence-electron chi connectivity index (χ3n) is 4.17. The molecule has 2 rings (SSSR count). The fourth-order valence-corrected chi connectivity index (χ4v) is 2.82. The number of amides is 1. The maximum atomic E-state index is 12.4. The van der Waals surface area contributed by atoms with Gasteiger partial charge in [-0.1, -0.05) is 6.07 Å². The van der Waals surface area contributed by atoms with Gasteiger partial charge in [-0.3, -0.25) is 4.79 Å². The lowest BCUT2D eigenvalue weighted by molar-refractivity contribution is -0.136. The lowest BCUT2D eigenvalue weighted by atomic mass is 9.79. The molecule has 5 nitrogen and oxygen atoms in total. The second-order valence-corrected chi connectivity index (χ2v) is 6.02. The van der Waals surface area contributed by atoms with E-state index < -0.39 is 5.41 Å². The van der Waals surface area contributed by atoms with Gasteiger partial charge in [-0.15, -0.1) is 12.4 Å². The van der Waals surface area contributed by atoms with E-state index in [-0.39, 0.29) is 18.3 Å². The molecule has 6 heteroatoms. The van der Waals surface area contributed by atoms with Crippen molar-refractivity contribution < 1.29 is 14.3 Å². The molecule has 0 unspecified atom stereocenters. The number of carbonyl (C=O) groups excluding carboxylic acids is 1. The Kier molecular flexibility index (Phi) is 7.82. The highest BCUT2D eigenvalue weighted by Crippen LogP contribution is 2.29. The maximum Gasteiger partial charge on any atom is 0.227 e. The molecule has 1 heterocycles. The Bertz CT molecular complexity index is 496. The number of benzene rings is 1. The summed E-state index contributed by atoms with van der Waals surface area (Å²) < 4.78 is 11.0. The SMILES string of the molecule is Cc1cc(C)cc(OCCNC(=O)C2(CN)CCOCC2)c1.Cl. The lowest BCUT2D eigenvalue weighted by Crippen LogP contribution is -2.49. The van der Waals surface area contributed by atoms with E-state index in [0.29, 0.717) is 45.8 Å². The second-order valence-electron chi connectivity index (χ2n) is 6.02. The van der Waals surface area contributed by atoms with Gasteiger partial charge in [0.15, 0.2) is 0 Å². The first-order valence-corrected chi connectivity index (χ1v) is 7.83. The number of carbonyl (C=O) groups is 1. The predicted octanol–water partition coefficient (Wildman–Crippen LogP) is 1.98. The largest absolute Gasteiger partial charge is 0.492 e. The molecule has 130 valence electrons.